The number of alkyl halides is 3. The molecule has 0 spiro atoms. The molecule has 3 aliphatic rings. The third kappa shape index (κ3) is 6.22. The zero-order valence-corrected chi connectivity index (χ0v) is 22.5. The highest BCUT2D eigenvalue weighted by molar-refractivity contribution is 6.05. The Hall–Kier alpha value is -5.13. The van der Waals surface area contributed by atoms with Crippen molar-refractivity contribution in [2.75, 3.05) is 18.9 Å². The number of aromatic nitrogens is 5. The fraction of sp³-hybridized carbons (Fsp3) is 0.360. The number of aliphatic carboxylic acids is 1. The lowest BCUT2D eigenvalue weighted by atomic mass is 10.0. The van der Waals surface area contributed by atoms with Crippen LogP contribution in [-0.4, -0.2) is 95.1 Å². The molecule has 18 heteroatoms. The van der Waals surface area contributed by atoms with Crippen LogP contribution in [0.1, 0.15) is 44.9 Å². The lowest BCUT2D eigenvalue weighted by Gasteiger charge is -2.29. The maximum atomic E-state index is 13.1. The van der Waals surface area contributed by atoms with Crippen LogP contribution in [0.2, 0.25) is 0 Å². The second-order valence-electron chi connectivity index (χ2n) is 10.0. The molecule has 0 radical (unpaired) electrons. The molecule has 226 valence electrons. The van der Waals surface area contributed by atoms with E-state index in [9.17, 15) is 32.3 Å². The quantitative estimate of drug-likeness (QED) is 0.356. The van der Waals surface area contributed by atoms with Crippen LogP contribution in [-0.2, 0) is 34.0 Å². The molecule has 6 rings (SSSR count). The van der Waals surface area contributed by atoms with Gasteiger partial charge in [-0.25, -0.2) is 9.48 Å². The Kier molecular flexibility index (Phi) is 7.70. The number of amides is 4. The molecule has 5 heterocycles. The van der Waals surface area contributed by atoms with Gasteiger partial charge in [-0.05, 0) is 31.2 Å². The van der Waals surface area contributed by atoms with Gasteiger partial charge in [-0.2, -0.15) is 18.3 Å². The molecule has 0 saturated carbocycles. The number of benzene rings is 1. The number of carboxylic acid groups (broad SMARTS) is 1. The van der Waals surface area contributed by atoms with Crippen LogP contribution in [0.3, 0.4) is 0 Å². The van der Waals surface area contributed by atoms with Crippen molar-refractivity contribution < 1.29 is 42.3 Å². The van der Waals surface area contributed by atoms with E-state index in [1.807, 2.05) is 17.8 Å². The maximum Gasteiger partial charge on any atom is 0.490 e. The fourth-order valence-electron chi connectivity index (χ4n) is 4.82. The van der Waals surface area contributed by atoms with Gasteiger partial charge in [0.1, 0.15) is 6.04 Å². The number of carbonyl (C=O) groups excluding carboxylic acids is 4. The van der Waals surface area contributed by atoms with E-state index in [4.69, 9.17) is 9.90 Å². The van der Waals surface area contributed by atoms with Gasteiger partial charge in [0, 0.05) is 37.7 Å². The number of hydrogen-bond acceptors (Lipinski definition) is 9. The highest BCUT2D eigenvalue weighted by atomic mass is 19.4. The van der Waals surface area contributed by atoms with Crippen LogP contribution in [0.5, 0.6) is 0 Å². The van der Waals surface area contributed by atoms with Gasteiger partial charge in [-0.15, -0.1) is 5.10 Å². The standard InChI is InChI=1S/C23H23N9O4.C2HF3O2/c1-29-6-7-31-15(11-29)9-19(27-31)24-21(34)17-12-32(28-26-17)14-3-2-13-10-30(23(36)16(13)8-14)18-4-5-20(33)25-22(18)35;3-2(4,5)1(6)7/h2-3,8-9,12,18H,4-7,10-11H2,1H3,(H,24,27,34)(H,25,33,35);(H,6,7). The van der Waals surface area contributed by atoms with Crippen molar-refractivity contribution in [2.24, 2.45) is 0 Å². The predicted molar refractivity (Wildman–Crippen MR) is 138 cm³/mol. The van der Waals surface area contributed by atoms with E-state index in [-0.39, 0.29) is 30.5 Å². The largest absolute Gasteiger partial charge is 0.490 e. The molecular formula is C25H24F3N9O6. The van der Waals surface area contributed by atoms with Crippen LogP contribution >= 0.6 is 0 Å². The van der Waals surface area contributed by atoms with Crippen molar-refractivity contribution in [2.45, 2.75) is 44.7 Å². The Morgan fingerprint density at radius 3 is 2.56 bits per heavy atom. The monoisotopic (exact) mass is 603 g/mol. The fourth-order valence-corrected chi connectivity index (χ4v) is 4.82. The minimum Gasteiger partial charge on any atom is -0.475 e. The van der Waals surface area contributed by atoms with E-state index >= 15 is 0 Å². The van der Waals surface area contributed by atoms with Crippen LogP contribution in [0.4, 0.5) is 19.0 Å². The number of piperidine rings is 1. The SMILES string of the molecule is CN1CCn2nc(NC(=O)c3cn(-c4ccc5c(c4)C(=O)N(C4CCC(=O)NC4=O)C5)nn3)cc2C1.O=C(O)C(F)(F)F. The lowest BCUT2D eigenvalue weighted by molar-refractivity contribution is -0.192. The Morgan fingerprint density at radius 2 is 1.86 bits per heavy atom. The third-order valence-electron chi connectivity index (χ3n) is 6.98. The summed E-state index contributed by atoms with van der Waals surface area (Å²) in [6.45, 7) is 2.70. The lowest BCUT2D eigenvalue weighted by Crippen LogP contribution is -2.52. The predicted octanol–water partition coefficient (Wildman–Crippen LogP) is 0.556. The first kappa shape index (κ1) is 29.4. The summed E-state index contributed by atoms with van der Waals surface area (Å²) in [5.41, 5.74) is 2.92. The van der Waals surface area contributed by atoms with Gasteiger partial charge in [-0.1, -0.05) is 11.3 Å². The number of likely N-dealkylation sites (N-methyl/N-ethyl adjacent to an activating group) is 1. The minimum atomic E-state index is -5.08. The van der Waals surface area contributed by atoms with E-state index in [1.54, 1.807) is 18.2 Å². The van der Waals surface area contributed by atoms with Gasteiger partial charge >= 0.3 is 12.1 Å². The third-order valence-corrected chi connectivity index (χ3v) is 6.98. The number of nitrogens with zero attached hydrogens (tertiary/aromatic N) is 7. The normalized spacial score (nSPS) is 18.4. The smallest absolute Gasteiger partial charge is 0.475 e. The number of halogens is 3. The van der Waals surface area contributed by atoms with E-state index in [1.165, 1.54) is 15.8 Å². The molecular weight excluding hydrogens is 579 g/mol. The number of carbonyl (C=O) groups is 5. The molecule has 1 atom stereocenters. The summed E-state index contributed by atoms with van der Waals surface area (Å²) < 4.78 is 35.0. The molecule has 1 saturated heterocycles. The first-order valence-electron chi connectivity index (χ1n) is 12.9. The zero-order chi connectivity index (χ0) is 31.1. The number of hydrogen-bond donors (Lipinski definition) is 3. The van der Waals surface area contributed by atoms with E-state index < -0.39 is 30.0 Å². The van der Waals surface area contributed by atoms with Crippen molar-refractivity contribution in [3.05, 3.63) is 53.0 Å². The van der Waals surface area contributed by atoms with Gasteiger partial charge in [0.05, 0.1) is 24.1 Å². The second kappa shape index (κ2) is 11.3. The van der Waals surface area contributed by atoms with Gasteiger partial charge < -0.3 is 15.3 Å². The maximum absolute atomic E-state index is 13.1. The highest BCUT2D eigenvalue weighted by Gasteiger charge is 2.39. The van der Waals surface area contributed by atoms with Crippen LogP contribution in [0, 0.1) is 0 Å². The molecule has 3 aliphatic heterocycles. The molecule has 0 aliphatic carbocycles. The zero-order valence-electron chi connectivity index (χ0n) is 22.5. The summed E-state index contributed by atoms with van der Waals surface area (Å²) in [5, 5.41) is 24.6. The van der Waals surface area contributed by atoms with Crippen molar-refractivity contribution in [3.8, 4) is 5.69 Å². The Morgan fingerprint density at radius 1 is 1.12 bits per heavy atom. The van der Waals surface area contributed by atoms with Crippen molar-refractivity contribution in [1.82, 2.24) is 39.9 Å². The minimum absolute atomic E-state index is 0.107. The van der Waals surface area contributed by atoms with Gasteiger partial charge in [0.2, 0.25) is 11.8 Å². The van der Waals surface area contributed by atoms with E-state index in [0.29, 0.717) is 23.5 Å². The van der Waals surface area contributed by atoms with Crippen LogP contribution in [0.25, 0.3) is 5.69 Å². The molecule has 3 aromatic rings. The topological polar surface area (TPSA) is 185 Å². The number of nitrogens with one attached hydrogen (secondary N) is 2. The highest BCUT2D eigenvalue weighted by Crippen LogP contribution is 2.29. The number of imide groups is 1. The Labute approximate surface area is 240 Å². The number of anilines is 1. The van der Waals surface area contributed by atoms with Crippen LogP contribution < -0.4 is 10.6 Å². The summed E-state index contributed by atoms with van der Waals surface area (Å²) in [4.78, 5) is 62.1. The average molecular weight is 604 g/mol. The first-order chi connectivity index (χ1) is 20.3. The summed E-state index contributed by atoms with van der Waals surface area (Å²) in [6, 6.07) is 6.40. The van der Waals surface area contributed by atoms with Gasteiger partial charge in [-0.3, -0.25) is 34.1 Å². The molecule has 1 unspecified atom stereocenters. The number of fused-ring (bicyclic) bond motifs is 2. The number of rotatable bonds is 4. The summed E-state index contributed by atoms with van der Waals surface area (Å²) in [6.07, 6.45) is -3.10. The average Bonchev–Trinajstić information content (AvgIpc) is 3.66. The van der Waals surface area contributed by atoms with Crippen molar-refractivity contribution in [3.63, 3.8) is 0 Å². The first-order valence-corrected chi connectivity index (χ1v) is 12.9. The summed E-state index contributed by atoms with van der Waals surface area (Å²) in [7, 11) is 2.03. The molecule has 3 N–H and O–H groups in total. The molecule has 15 nitrogen and oxygen atoms in total. The van der Waals surface area contributed by atoms with Gasteiger partial charge in [0.15, 0.2) is 11.5 Å². The Bertz CT molecular complexity index is 1630. The Balaban J connectivity index is 0.000000472. The molecule has 43 heavy (non-hydrogen) atoms. The molecule has 1 aromatic carbocycles. The molecule has 4 amide bonds. The van der Waals surface area contributed by atoms with Crippen molar-refractivity contribution >= 4 is 35.4 Å². The second-order valence-corrected chi connectivity index (χ2v) is 10.0. The van der Waals surface area contributed by atoms with Crippen molar-refractivity contribution in [1.29, 1.82) is 0 Å². The number of carboxylic acids is 1. The molecule has 1 fully saturated rings. The van der Waals surface area contributed by atoms with E-state index in [0.717, 1.165) is 30.9 Å². The summed E-state index contributed by atoms with van der Waals surface area (Å²) >= 11 is 0. The molecule has 0 bridgehead atoms. The molecule has 2 aromatic heterocycles. The van der Waals surface area contributed by atoms with Crippen LogP contribution in [0.15, 0.2) is 30.5 Å². The van der Waals surface area contributed by atoms with Gasteiger partial charge in [0.25, 0.3) is 11.8 Å². The summed E-state index contributed by atoms with van der Waals surface area (Å²) in [5.74, 6) is -3.80. The van der Waals surface area contributed by atoms with E-state index in [2.05, 4.69) is 30.9 Å².